The van der Waals surface area contributed by atoms with Gasteiger partial charge in [-0.05, 0) is 37.1 Å². The van der Waals surface area contributed by atoms with Crippen LogP contribution in [0.1, 0.15) is 18.9 Å². The van der Waals surface area contributed by atoms with Gasteiger partial charge in [0.15, 0.2) is 0 Å². The molecule has 1 aromatic carbocycles. The molecule has 0 aromatic heterocycles. The van der Waals surface area contributed by atoms with Crippen molar-refractivity contribution in [1.82, 2.24) is 5.32 Å². The van der Waals surface area contributed by atoms with Crippen molar-refractivity contribution in [3.05, 3.63) is 29.8 Å². The van der Waals surface area contributed by atoms with Crippen LogP contribution in [0.2, 0.25) is 0 Å². The SMILES string of the molecule is CCCNCCOCCc1ccc(OC)cc1. The van der Waals surface area contributed by atoms with Crippen molar-refractivity contribution in [2.24, 2.45) is 0 Å². The highest BCUT2D eigenvalue weighted by atomic mass is 16.5. The highest BCUT2D eigenvalue weighted by Crippen LogP contribution is 2.11. The lowest BCUT2D eigenvalue weighted by Gasteiger charge is -2.06. The van der Waals surface area contributed by atoms with Crippen LogP contribution in [0.4, 0.5) is 0 Å². The monoisotopic (exact) mass is 237 g/mol. The van der Waals surface area contributed by atoms with Crippen LogP contribution >= 0.6 is 0 Å². The highest BCUT2D eigenvalue weighted by molar-refractivity contribution is 5.27. The molecule has 1 N–H and O–H groups in total. The van der Waals surface area contributed by atoms with Crippen molar-refractivity contribution in [3.63, 3.8) is 0 Å². The molecule has 0 amide bonds. The van der Waals surface area contributed by atoms with Gasteiger partial charge in [0.1, 0.15) is 5.75 Å². The fourth-order valence-electron chi connectivity index (χ4n) is 1.53. The lowest BCUT2D eigenvalue weighted by Crippen LogP contribution is -2.20. The molecule has 3 heteroatoms. The smallest absolute Gasteiger partial charge is 0.118 e. The number of nitrogens with one attached hydrogen (secondary N) is 1. The Bertz CT molecular complexity index is 285. The second-order valence-electron chi connectivity index (χ2n) is 3.96. The molecule has 0 aliphatic carbocycles. The summed E-state index contributed by atoms with van der Waals surface area (Å²) in [7, 11) is 1.68. The zero-order chi connectivity index (χ0) is 12.3. The van der Waals surface area contributed by atoms with Gasteiger partial charge in [0, 0.05) is 6.54 Å². The molecular weight excluding hydrogens is 214 g/mol. The Morgan fingerprint density at radius 3 is 2.47 bits per heavy atom. The molecule has 3 nitrogen and oxygen atoms in total. The molecule has 0 fully saturated rings. The molecule has 1 aromatic rings. The molecule has 0 aliphatic rings. The lowest BCUT2D eigenvalue weighted by molar-refractivity contribution is 0.139. The summed E-state index contributed by atoms with van der Waals surface area (Å²) < 4.78 is 10.7. The predicted octanol–water partition coefficient (Wildman–Crippen LogP) is 2.25. The van der Waals surface area contributed by atoms with Crippen LogP contribution in [0, 0.1) is 0 Å². The van der Waals surface area contributed by atoms with E-state index in [1.807, 2.05) is 12.1 Å². The molecule has 17 heavy (non-hydrogen) atoms. The zero-order valence-corrected chi connectivity index (χ0v) is 10.9. The first-order valence-electron chi connectivity index (χ1n) is 6.28. The third-order valence-corrected chi connectivity index (χ3v) is 2.54. The second-order valence-corrected chi connectivity index (χ2v) is 3.96. The summed E-state index contributed by atoms with van der Waals surface area (Å²) in [6, 6.07) is 8.13. The minimum atomic E-state index is 0.778. The Kier molecular flexibility index (Phi) is 7.43. The van der Waals surface area contributed by atoms with Gasteiger partial charge in [-0.15, -0.1) is 0 Å². The van der Waals surface area contributed by atoms with Gasteiger partial charge in [-0.2, -0.15) is 0 Å². The summed E-state index contributed by atoms with van der Waals surface area (Å²) in [6.45, 7) is 5.74. The summed E-state index contributed by atoms with van der Waals surface area (Å²) in [5.74, 6) is 0.901. The molecule has 0 aliphatic heterocycles. The first-order valence-corrected chi connectivity index (χ1v) is 6.28. The minimum Gasteiger partial charge on any atom is -0.497 e. The molecule has 1 rings (SSSR count). The van der Waals surface area contributed by atoms with Crippen LogP contribution in [0.15, 0.2) is 24.3 Å². The van der Waals surface area contributed by atoms with Crippen LogP contribution in [0.5, 0.6) is 5.75 Å². The number of methoxy groups -OCH3 is 1. The lowest BCUT2D eigenvalue weighted by atomic mass is 10.1. The first kappa shape index (κ1) is 14.0. The largest absolute Gasteiger partial charge is 0.497 e. The Hall–Kier alpha value is -1.06. The Balaban J connectivity index is 2.05. The van der Waals surface area contributed by atoms with Gasteiger partial charge < -0.3 is 14.8 Å². The van der Waals surface area contributed by atoms with Crippen molar-refractivity contribution in [1.29, 1.82) is 0 Å². The van der Waals surface area contributed by atoms with Crippen molar-refractivity contribution in [2.45, 2.75) is 19.8 Å². The predicted molar refractivity (Wildman–Crippen MR) is 70.7 cm³/mol. The van der Waals surface area contributed by atoms with E-state index in [9.17, 15) is 0 Å². The van der Waals surface area contributed by atoms with E-state index in [4.69, 9.17) is 9.47 Å². The summed E-state index contributed by atoms with van der Waals surface area (Å²) in [5, 5.41) is 3.31. The van der Waals surface area contributed by atoms with Gasteiger partial charge in [0.25, 0.3) is 0 Å². The highest BCUT2D eigenvalue weighted by Gasteiger charge is 1.95. The Morgan fingerprint density at radius 2 is 1.82 bits per heavy atom. The van der Waals surface area contributed by atoms with Gasteiger partial charge in [0.05, 0.1) is 20.3 Å². The molecular formula is C14H23NO2. The van der Waals surface area contributed by atoms with E-state index in [2.05, 4.69) is 24.4 Å². The van der Waals surface area contributed by atoms with Crippen LogP contribution < -0.4 is 10.1 Å². The number of hydrogen-bond donors (Lipinski definition) is 1. The van der Waals surface area contributed by atoms with Crippen molar-refractivity contribution in [2.75, 3.05) is 33.4 Å². The number of ether oxygens (including phenoxy) is 2. The number of hydrogen-bond acceptors (Lipinski definition) is 3. The summed E-state index contributed by atoms with van der Waals surface area (Å²) >= 11 is 0. The molecule has 0 saturated carbocycles. The third kappa shape index (κ3) is 6.29. The van der Waals surface area contributed by atoms with Crippen LogP contribution in [-0.4, -0.2) is 33.4 Å². The first-order chi connectivity index (χ1) is 8.36. The van der Waals surface area contributed by atoms with Gasteiger partial charge >= 0.3 is 0 Å². The van der Waals surface area contributed by atoms with Crippen LogP contribution in [0.3, 0.4) is 0 Å². The fourth-order valence-corrected chi connectivity index (χ4v) is 1.53. The summed E-state index contributed by atoms with van der Waals surface area (Å²) in [6.07, 6.45) is 2.13. The van der Waals surface area contributed by atoms with Crippen molar-refractivity contribution >= 4 is 0 Å². The zero-order valence-electron chi connectivity index (χ0n) is 10.9. The normalized spacial score (nSPS) is 10.5. The maximum absolute atomic E-state index is 5.55. The van der Waals surface area contributed by atoms with Crippen molar-refractivity contribution < 1.29 is 9.47 Å². The standard InChI is InChI=1S/C14H23NO2/c1-3-9-15-10-12-17-11-8-13-4-6-14(16-2)7-5-13/h4-7,15H,3,8-12H2,1-2H3. The maximum Gasteiger partial charge on any atom is 0.118 e. The summed E-state index contributed by atoms with van der Waals surface area (Å²) in [4.78, 5) is 0. The second kappa shape index (κ2) is 9.02. The Morgan fingerprint density at radius 1 is 1.06 bits per heavy atom. The van der Waals surface area contributed by atoms with Crippen LogP contribution in [0.25, 0.3) is 0 Å². The minimum absolute atomic E-state index is 0.778. The quantitative estimate of drug-likeness (QED) is 0.668. The third-order valence-electron chi connectivity index (χ3n) is 2.54. The van der Waals surface area contributed by atoms with Gasteiger partial charge in [-0.25, -0.2) is 0 Å². The molecule has 0 unspecified atom stereocenters. The number of benzene rings is 1. The van der Waals surface area contributed by atoms with Gasteiger partial charge in [-0.3, -0.25) is 0 Å². The molecule has 0 spiro atoms. The van der Waals surface area contributed by atoms with E-state index in [0.29, 0.717) is 0 Å². The summed E-state index contributed by atoms with van der Waals surface area (Å²) in [5.41, 5.74) is 1.28. The molecule has 96 valence electrons. The van der Waals surface area contributed by atoms with E-state index in [0.717, 1.165) is 38.5 Å². The maximum atomic E-state index is 5.55. The number of rotatable bonds is 9. The molecule has 0 saturated heterocycles. The van der Waals surface area contributed by atoms with E-state index in [1.165, 1.54) is 12.0 Å². The molecule has 0 bridgehead atoms. The molecule has 0 radical (unpaired) electrons. The van der Waals surface area contributed by atoms with E-state index in [-0.39, 0.29) is 0 Å². The van der Waals surface area contributed by atoms with Crippen molar-refractivity contribution in [3.8, 4) is 5.75 Å². The van der Waals surface area contributed by atoms with Gasteiger partial charge in [-0.1, -0.05) is 19.1 Å². The average molecular weight is 237 g/mol. The molecule has 0 atom stereocenters. The molecule has 0 heterocycles. The average Bonchev–Trinajstić information content (AvgIpc) is 2.38. The van der Waals surface area contributed by atoms with E-state index < -0.39 is 0 Å². The topological polar surface area (TPSA) is 30.5 Å². The van der Waals surface area contributed by atoms with E-state index in [1.54, 1.807) is 7.11 Å². The van der Waals surface area contributed by atoms with Crippen LogP contribution in [-0.2, 0) is 11.2 Å². The fraction of sp³-hybridized carbons (Fsp3) is 0.571. The van der Waals surface area contributed by atoms with Gasteiger partial charge in [0.2, 0.25) is 0 Å². The van der Waals surface area contributed by atoms with E-state index >= 15 is 0 Å². The Labute approximate surface area is 104 Å².